The lowest BCUT2D eigenvalue weighted by Gasteiger charge is -2.50. The average Bonchev–Trinajstić information content (AvgIpc) is 2.46. The zero-order valence-corrected chi connectivity index (χ0v) is 12.6. The second-order valence-corrected chi connectivity index (χ2v) is 6.63. The summed E-state index contributed by atoms with van der Waals surface area (Å²) in [5.74, 6) is -0.0917. The standard InChI is InChI=1S/C17H25FN2/c1-13-6-7-15(10-16(13)18)20-12-17(19-11-14(20)2)8-4-3-5-9-17/h6-7,10,14,19H,3-5,8-9,11-12H2,1-2H3. The van der Waals surface area contributed by atoms with Gasteiger partial charge in [0.05, 0.1) is 0 Å². The van der Waals surface area contributed by atoms with Crippen LogP contribution in [0.25, 0.3) is 0 Å². The summed E-state index contributed by atoms with van der Waals surface area (Å²) in [5.41, 5.74) is 2.02. The molecule has 1 saturated carbocycles. The number of anilines is 1. The molecule has 1 aromatic carbocycles. The van der Waals surface area contributed by atoms with Gasteiger partial charge in [-0.05, 0) is 44.4 Å². The highest BCUT2D eigenvalue weighted by molar-refractivity contribution is 5.50. The van der Waals surface area contributed by atoms with E-state index < -0.39 is 0 Å². The van der Waals surface area contributed by atoms with Crippen LogP contribution in [0.2, 0.25) is 0 Å². The normalized spacial score (nSPS) is 25.9. The molecular weight excluding hydrogens is 251 g/mol. The summed E-state index contributed by atoms with van der Waals surface area (Å²) >= 11 is 0. The predicted molar refractivity (Wildman–Crippen MR) is 81.8 cm³/mol. The zero-order chi connectivity index (χ0) is 14.2. The third-order valence-electron chi connectivity index (χ3n) is 5.08. The fraction of sp³-hybridized carbons (Fsp3) is 0.647. The van der Waals surface area contributed by atoms with E-state index >= 15 is 0 Å². The number of nitrogens with zero attached hydrogens (tertiary/aromatic N) is 1. The Balaban J connectivity index is 1.84. The molecule has 1 spiro atoms. The van der Waals surface area contributed by atoms with Crippen molar-refractivity contribution in [2.45, 2.75) is 57.5 Å². The molecule has 1 unspecified atom stereocenters. The number of hydrogen-bond acceptors (Lipinski definition) is 2. The minimum atomic E-state index is -0.0917. The number of benzene rings is 1. The molecule has 1 atom stereocenters. The van der Waals surface area contributed by atoms with Crippen LogP contribution in [-0.2, 0) is 0 Å². The molecule has 0 radical (unpaired) electrons. The van der Waals surface area contributed by atoms with Gasteiger partial charge in [-0.25, -0.2) is 4.39 Å². The highest BCUT2D eigenvalue weighted by Crippen LogP contribution is 2.34. The molecular formula is C17H25FN2. The lowest BCUT2D eigenvalue weighted by molar-refractivity contribution is 0.200. The van der Waals surface area contributed by atoms with E-state index in [1.54, 1.807) is 6.07 Å². The Bertz CT molecular complexity index is 480. The molecule has 0 amide bonds. The number of hydrogen-bond donors (Lipinski definition) is 1. The lowest BCUT2D eigenvalue weighted by Crippen LogP contribution is -2.64. The van der Waals surface area contributed by atoms with Crippen molar-refractivity contribution >= 4 is 5.69 Å². The maximum absolute atomic E-state index is 13.9. The first-order valence-electron chi connectivity index (χ1n) is 7.87. The SMILES string of the molecule is Cc1ccc(N2CC3(CCCCC3)NCC2C)cc1F. The van der Waals surface area contributed by atoms with E-state index in [4.69, 9.17) is 0 Å². The molecule has 1 aliphatic carbocycles. The Morgan fingerprint density at radius 1 is 1.25 bits per heavy atom. The first kappa shape index (κ1) is 13.9. The van der Waals surface area contributed by atoms with E-state index in [1.165, 1.54) is 32.1 Å². The van der Waals surface area contributed by atoms with Gasteiger partial charge in [-0.2, -0.15) is 0 Å². The molecule has 3 heteroatoms. The summed E-state index contributed by atoms with van der Waals surface area (Å²) in [5, 5.41) is 3.77. The van der Waals surface area contributed by atoms with Crippen LogP contribution < -0.4 is 10.2 Å². The zero-order valence-electron chi connectivity index (χ0n) is 12.6. The number of aryl methyl sites for hydroxylation is 1. The van der Waals surface area contributed by atoms with Crippen LogP contribution in [0.1, 0.15) is 44.6 Å². The lowest BCUT2D eigenvalue weighted by atomic mass is 9.79. The van der Waals surface area contributed by atoms with Crippen molar-refractivity contribution in [3.63, 3.8) is 0 Å². The van der Waals surface area contributed by atoms with E-state index in [2.05, 4.69) is 23.2 Å². The molecule has 0 aromatic heterocycles. The highest BCUT2D eigenvalue weighted by Gasteiger charge is 2.38. The van der Waals surface area contributed by atoms with Crippen LogP contribution >= 0.6 is 0 Å². The molecule has 1 N–H and O–H groups in total. The quantitative estimate of drug-likeness (QED) is 0.842. The maximum Gasteiger partial charge on any atom is 0.128 e. The molecule has 1 saturated heterocycles. The van der Waals surface area contributed by atoms with Crippen molar-refractivity contribution < 1.29 is 4.39 Å². The summed E-state index contributed by atoms with van der Waals surface area (Å²) in [6.45, 7) is 6.05. The van der Waals surface area contributed by atoms with Crippen molar-refractivity contribution in [2.75, 3.05) is 18.0 Å². The molecule has 2 nitrogen and oxygen atoms in total. The third kappa shape index (κ3) is 2.56. The van der Waals surface area contributed by atoms with Crippen LogP contribution in [0.3, 0.4) is 0 Å². The second-order valence-electron chi connectivity index (χ2n) is 6.63. The number of piperazine rings is 1. The van der Waals surface area contributed by atoms with Gasteiger partial charge in [0.15, 0.2) is 0 Å². The minimum Gasteiger partial charge on any atom is -0.366 e. The van der Waals surface area contributed by atoms with Gasteiger partial charge in [-0.15, -0.1) is 0 Å². The van der Waals surface area contributed by atoms with Crippen LogP contribution in [0.5, 0.6) is 0 Å². The summed E-state index contributed by atoms with van der Waals surface area (Å²) in [4.78, 5) is 2.39. The first-order chi connectivity index (χ1) is 9.60. The van der Waals surface area contributed by atoms with Gasteiger partial charge in [0.1, 0.15) is 5.82 Å². The summed E-state index contributed by atoms with van der Waals surface area (Å²) in [6, 6.07) is 6.09. The topological polar surface area (TPSA) is 15.3 Å². The molecule has 2 fully saturated rings. The van der Waals surface area contributed by atoms with Crippen LogP contribution in [-0.4, -0.2) is 24.7 Å². The Morgan fingerprint density at radius 3 is 2.70 bits per heavy atom. The van der Waals surface area contributed by atoms with Gasteiger partial charge < -0.3 is 10.2 Å². The van der Waals surface area contributed by atoms with Gasteiger partial charge in [0, 0.05) is 30.4 Å². The van der Waals surface area contributed by atoms with Gasteiger partial charge in [-0.1, -0.05) is 25.3 Å². The molecule has 110 valence electrons. The highest BCUT2D eigenvalue weighted by atomic mass is 19.1. The van der Waals surface area contributed by atoms with E-state index in [9.17, 15) is 4.39 Å². The molecule has 3 rings (SSSR count). The fourth-order valence-corrected chi connectivity index (χ4v) is 3.68. The molecule has 1 aromatic rings. The number of nitrogens with one attached hydrogen (secondary N) is 1. The minimum absolute atomic E-state index is 0.0917. The van der Waals surface area contributed by atoms with Crippen molar-refractivity contribution in [2.24, 2.45) is 0 Å². The largest absolute Gasteiger partial charge is 0.366 e. The van der Waals surface area contributed by atoms with E-state index in [0.717, 1.165) is 24.3 Å². The Labute approximate surface area is 121 Å². The molecule has 1 heterocycles. The van der Waals surface area contributed by atoms with Crippen molar-refractivity contribution in [3.05, 3.63) is 29.6 Å². The summed E-state index contributed by atoms with van der Waals surface area (Å²) in [6.07, 6.45) is 6.50. The van der Waals surface area contributed by atoms with Crippen LogP contribution in [0.4, 0.5) is 10.1 Å². The average molecular weight is 276 g/mol. The predicted octanol–water partition coefficient (Wildman–Crippen LogP) is 3.64. The maximum atomic E-state index is 13.9. The molecule has 0 bridgehead atoms. The van der Waals surface area contributed by atoms with Crippen molar-refractivity contribution in [1.82, 2.24) is 5.32 Å². The number of halogens is 1. The Kier molecular flexibility index (Phi) is 3.72. The van der Waals surface area contributed by atoms with Gasteiger partial charge in [0.25, 0.3) is 0 Å². The molecule has 20 heavy (non-hydrogen) atoms. The van der Waals surface area contributed by atoms with Crippen LogP contribution in [0, 0.1) is 12.7 Å². The molecule has 1 aliphatic heterocycles. The summed E-state index contributed by atoms with van der Waals surface area (Å²) < 4.78 is 13.9. The monoisotopic (exact) mass is 276 g/mol. The van der Waals surface area contributed by atoms with Crippen molar-refractivity contribution in [1.29, 1.82) is 0 Å². The van der Waals surface area contributed by atoms with E-state index in [1.807, 2.05) is 13.0 Å². The van der Waals surface area contributed by atoms with Gasteiger partial charge >= 0.3 is 0 Å². The Morgan fingerprint density at radius 2 is 2.00 bits per heavy atom. The molecule has 2 aliphatic rings. The van der Waals surface area contributed by atoms with Gasteiger partial charge in [0.2, 0.25) is 0 Å². The Hall–Kier alpha value is -1.09. The first-order valence-corrected chi connectivity index (χ1v) is 7.87. The summed E-state index contributed by atoms with van der Waals surface area (Å²) in [7, 11) is 0. The fourth-order valence-electron chi connectivity index (χ4n) is 3.68. The smallest absolute Gasteiger partial charge is 0.128 e. The third-order valence-corrected chi connectivity index (χ3v) is 5.08. The van der Waals surface area contributed by atoms with Gasteiger partial charge in [-0.3, -0.25) is 0 Å². The van der Waals surface area contributed by atoms with Crippen molar-refractivity contribution in [3.8, 4) is 0 Å². The van der Waals surface area contributed by atoms with E-state index in [0.29, 0.717) is 6.04 Å². The van der Waals surface area contributed by atoms with E-state index in [-0.39, 0.29) is 11.4 Å². The number of rotatable bonds is 1. The second kappa shape index (κ2) is 5.36. The van der Waals surface area contributed by atoms with Crippen LogP contribution in [0.15, 0.2) is 18.2 Å².